The quantitative estimate of drug-likeness (QED) is 0.651. The van der Waals surface area contributed by atoms with Crippen LogP contribution < -0.4 is 0 Å². The van der Waals surface area contributed by atoms with Gasteiger partial charge in [0.1, 0.15) is 0 Å². The molecule has 1 aliphatic heterocycles. The maximum absolute atomic E-state index is 11.1. The Morgan fingerprint density at radius 1 is 1.50 bits per heavy atom. The SMILES string of the molecule is Cc1c(CN2CCN(C(=O)O)C(C)C2)cc(Br)cc1[N+](=O)[O-]. The van der Waals surface area contributed by atoms with E-state index in [4.69, 9.17) is 5.11 Å². The van der Waals surface area contributed by atoms with Gasteiger partial charge in [-0.05, 0) is 25.5 Å². The fourth-order valence-electron chi connectivity index (χ4n) is 2.78. The summed E-state index contributed by atoms with van der Waals surface area (Å²) in [6, 6.07) is 3.30. The number of nitro benzene ring substituents is 1. The molecular formula is C14H18BrN3O4. The first-order valence-electron chi connectivity index (χ1n) is 6.95. The minimum atomic E-state index is -0.901. The van der Waals surface area contributed by atoms with Gasteiger partial charge in [0.15, 0.2) is 0 Å². The van der Waals surface area contributed by atoms with Crippen LogP contribution in [-0.2, 0) is 6.54 Å². The molecule has 0 bridgehead atoms. The minimum Gasteiger partial charge on any atom is -0.465 e. The average Bonchev–Trinajstić information content (AvgIpc) is 2.41. The van der Waals surface area contributed by atoms with Crippen LogP contribution in [0.25, 0.3) is 0 Å². The Kier molecular flexibility index (Phi) is 5.02. The highest BCUT2D eigenvalue weighted by atomic mass is 79.9. The third-order valence-electron chi connectivity index (χ3n) is 4.00. The zero-order valence-corrected chi connectivity index (χ0v) is 14.0. The molecule has 1 heterocycles. The molecule has 0 radical (unpaired) electrons. The molecule has 1 saturated heterocycles. The van der Waals surface area contributed by atoms with Crippen LogP contribution in [0.4, 0.5) is 10.5 Å². The topological polar surface area (TPSA) is 86.9 Å². The maximum Gasteiger partial charge on any atom is 0.407 e. The van der Waals surface area contributed by atoms with Crippen molar-refractivity contribution in [1.29, 1.82) is 0 Å². The van der Waals surface area contributed by atoms with E-state index in [2.05, 4.69) is 20.8 Å². The van der Waals surface area contributed by atoms with Crippen LogP contribution in [0.3, 0.4) is 0 Å². The summed E-state index contributed by atoms with van der Waals surface area (Å²) in [5, 5.41) is 20.2. The smallest absolute Gasteiger partial charge is 0.407 e. The zero-order valence-electron chi connectivity index (χ0n) is 12.5. The Labute approximate surface area is 136 Å². The predicted octanol–water partition coefficient (Wildman–Crippen LogP) is 2.85. The first-order chi connectivity index (χ1) is 10.3. The van der Waals surface area contributed by atoms with Crippen LogP contribution >= 0.6 is 15.9 Å². The van der Waals surface area contributed by atoms with Gasteiger partial charge in [0, 0.05) is 48.3 Å². The van der Waals surface area contributed by atoms with Gasteiger partial charge in [-0.1, -0.05) is 15.9 Å². The van der Waals surface area contributed by atoms with Crippen LogP contribution in [0.1, 0.15) is 18.1 Å². The van der Waals surface area contributed by atoms with E-state index in [0.29, 0.717) is 36.2 Å². The minimum absolute atomic E-state index is 0.0892. The molecule has 0 aromatic heterocycles. The summed E-state index contributed by atoms with van der Waals surface area (Å²) in [5.74, 6) is 0. The molecular weight excluding hydrogens is 354 g/mol. The number of carboxylic acid groups (broad SMARTS) is 1. The van der Waals surface area contributed by atoms with Gasteiger partial charge in [-0.2, -0.15) is 0 Å². The fourth-order valence-corrected chi connectivity index (χ4v) is 3.27. The number of rotatable bonds is 3. The molecule has 22 heavy (non-hydrogen) atoms. The van der Waals surface area contributed by atoms with Crippen LogP contribution in [-0.4, -0.2) is 51.6 Å². The van der Waals surface area contributed by atoms with Gasteiger partial charge in [0.2, 0.25) is 0 Å². The second kappa shape index (κ2) is 6.62. The van der Waals surface area contributed by atoms with Crippen molar-refractivity contribution < 1.29 is 14.8 Å². The largest absolute Gasteiger partial charge is 0.465 e. The van der Waals surface area contributed by atoms with E-state index in [9.17, 15) is 14.9 Å². The average molecular weight is 372 g/mol. The Balaban J connectivity index is 2.15. The number of nitro groups is 1. The van der Waals surface area contributed by atoms with Crippen LogP contribution in [0.15, 0.2) is 16.6 Å². The first kappa shape index (κ1) is 16.7. The zero-order chi connectivity index (χ0) is 16.4. The van der Waals surface area contributed by atoms with Gasteiger partial charge in [0.25, 0.3) is 5.69 Å². The lowest BCUT2D eigenvalue weighted by molar-refractivity contribution is -0.385. The molecule has 1 N–H and O–H groups in total. The first-order valence-corrected chi connectivity index (χ1v) is 7.74. The number of piperazine rings is 1. The molecule has 1 aromatic rings. The second-order valence-electron chi connectivity index (χ2n) is 5.53. The molecule has 1 fully saturated rings. The number of carbonyl (C=O) groups is 1. The predicted molar refractivity (Wildman–Crippen MR) is 85.0 cm³/mol. The summed E-state index contributed by atoms with van der Waals surface area (Å²) >= 11 is 3.31. The lowest BCUT2D eigenvalue weighted by atomic mass is 10.1. The van der Waals surface area contributed by atoms with Gasteiger partial charge < -0.3 is 10.0 Å². The molecule has 1 amide bonds. The van der Waals surface area contributed by atoms with Gasteiger partial charge >= 0.3 is 6.09 Å². The van der Waals surface area contributed by atoms with Crippen molar-refractivity contribution in [2.24, 2.45) is 0 Å². The summed E-state index contributed by atoms with van der Waals surface area (Å²) in [7, 11) is 0. The van der Waals surface area contributed by atoms with E-state index < -0.39 is 6.09 Å². The number of hydrogen-bond acceptors (Lipinski definition) is 4. The van der Waals surface area contributed by atoms with Crippen molar-refractivity contribution in [3.05, 3.63) is 37.8 Å². The molecule has 120 valence electrons. The van der Waals surface area contributed by atoms with E-state index >= 15 is 0 Å². The molecule has 1 aliphatic rings. The van der Waals surface area contributed by atoms with Crippen molar-refractivity contribution in [2.75, 3.05) is 19.6 Å². The summed E-state index contributed by atoms with van der Waals surface area (Å²) in [5.41, 5.74) is 1.64. The molecule has 0 saturated carbocycles. The molecule has 7 nitrogen and oxygen atoms in total. The Morgan fingerprint density at radius 2 is 2.18 bits per heavy atom. The molecule has 1 unspecified atom stereocenters. The van der Waals surface area contributed by atoms with Gasteiger partial charge in [-0.3, -0.25) is 15.0 Å². The number of nitrogens with zero attached hydrogens (tertiary/aromatic N) is 3. The van der Waals surface area contributed by atoms with Crippen molar-refractivity contribution in [2.45, 2.75) is 26.4 Å². The molecule has 1 aromatic carbocycles. The lowest BCUT2D eigenvalue weighted by Crippen LogP contribution is -2.53. The highest BCUT2D eigenvalue weighted by Gasteiger charge is 2.27. The summed E-state index contributed by atoms with van der Waals surface area (Å²) in [4.78, 5) is 25.3. The Morgan fingerprint density at radius 3 is 2.73 bits per heavy atom. The van der Waals surface area contributed by atoms with Crippen LogP contribution in [0.5, 0.6) is 0 Å². The fraction of sp³-hybridized carbons (Fsp3) is 0.500. The van der Waals surface area contributed by atoms with E-state index in [0.717, 1.165) is 5.56 Å². The lowest BCUT2D eigenvalue weighted by Gasteiger charge is -2.38. The molecule has 2 rings (SSSR count). The molecule has 0 spiro atoms. The number of halogens is 1. The summed E-state index contributed by atoms with van der Waals surface area (Å²) in [6.45, 7) is 5.88. The van der Waals surface area contributed by atoms with E-state index in [1.165, 1.54) is 11.0 Å². The van der Waals surface area contributed by atoms with Gasteiger partial charge in [0.05, 0.1) is 4.92 Å². The summed E-state index contributed by atoms with van der Waals surface area (Å²) in [6.07, 6.45) is -0.901. The summed E-state index contributed by atoms with van der Waals surface area (Å²) < 4.78 is 0.678. The maximum atomic E-state index is 11.1. The third kappa shape index (κ3) is 3.56. The van der Waals surface area contributed by atoms with Crippen molar-refractivity contribution in [3.63, 3.8) is 0 Å². The van der Waals surface area contributed by atoms with Crippen molar-refractivity contribution >= 4 is 27.7 Å². The van der Waals surface area contributed by atoms with Crippen LogP contribution in [0, 0.1) is 17.0 Å². The van der Waals surface area contributed by atoms with Gasteiger partial charge in [-0.15, -0.1) is 0 Å². The molecule has 8 heteroatoms. The standard InChI is InChI=1S/C14H18BrN3O4/c1-9-7-16(3-4-17(9)14(19)20)8-11-5-12(15)6-13(10(11)2)18(21)22/h5-6,9H,3-4,7-8H2,1-2H3,(H,19,20). The Hall–Kier alpha value is -1.67. The highest BCUT2D eigenvalue weighted by Crippen LogP contribution is 2.28. The third-order valence-corrected chi connectivity index (χ3v) is 4.46. The molecule has 1 atom stereocenters. The normalized spacial score (nSPS) is 19.2. The second-order valence-corrected chi connectivity index (χ2v) is 6.44. The van der Waals surface area contributed by atoms with Gasteiger partial charge in [-0.25, -0.2) is 4.79 Å². The van der Waals surface area contributed by atoms with E-state index in [-0.39, 0.29) is 16.7 Å². The van der Waals surface area contributed by atoms with E-state index in [1.54, 1.807) is 6.92 Å². The van der Waals surface area contributed by atoms with Crippen LogP contribution in [0.2, 0.25) is 0 Å². The van der Waals surface area contributed by atoms with Crippen molar-refractivity contribution in [3.8, 4) is 0 Å². The van der Waals surface area contributed by atoms with Crippen molar-refractivity contribution in [1.82, 2.24) is 9.80 Å². The Bertz CT molecular complexity index is 608. The number of amides is 1. The number of benzene rings is 1. The van der Waals surface area contributed by atoms with E-state index in [1.807, 2.05) is 13.0 Å². The highest BCUT2D eigenvalue weighted by molar-refractivity contribution is 9.10. The number of hydrogen-bond donors (Lipinski definition) is 1. The monoisotopic (exact) mass is 371 g/mol. The molecule has 0 aliphatic carbocycles.